The average molecular weight is 217 g/mol. The van der Waals surface area contributed by atoms with Crippen LogP contribution in [0.25, 0.3) is 10.8 Å². The average Bonchev–Trinajstić information content (AvgIpc) is 2.28. The predicted molar refractivity (Wildman–Crippen MR) is 65.2 cm³/mol. The molecule has 16 heavy (non-hydrogen) atoms. The molecule has 1 aromatic carbocycles. The number of fused-ring (bicyclic) bond motifs is 1. The molecule has 0 saturated heterocycles. The number of methoxy groups -OCH3 is 1. The molecule has 1 N–H and O–H groups in total. The normalized spacial score (nSPS) is 11.0. The van der Waals surface area contributed by atoms with Gasteiger partial charge in [0, 0.05) is 11.6 Å². The van der Waals surface area contributed by atoms with Crippen molar-refractivity contribution in [1.29, 1.82) is 0 Å². The van der Waals surface area contributed by atoms with Crippen LogP contribution < -0.4 is 10.3 Å². The molecule has 0 atom stereocenters. The number of pyridine rings is 1. The summed E-state index contributed by atoms with van der Waals surface area (Å²) in [6.45, 7) is 4.21. The van der Waals surface area contributed by atoms with Crippen molar-refractivity contribution in [2.24, 2.45) is 0 Å². The van der Waals surface area contributed by atoms with Crippen LogP contribution in [-0.4, -0.2) is 12.1 Å². The standard InChI is InChI=1S/C13H15NO2/c1-8(2)12-7-14-13(15)10-5-4-9(16-3)6-11(10)12/h4-8H,1-3H3,(H,14,15). The number of hydrogen-bond donors (Lipinski definition) is 1. The Balaban J connectivity index is 2.83. The van der Waals surface area contributed by atoms with Crippen LogP contribution in [0.15, 0.2) is 29.2 Å². The molecule has 0 amide bonds. The van der Waals surface area contributed by atoms with Crippen LogP contribution in [0.4, 0.5) is 0 Å². The Bertz CT molecular complexity index is 570. The molecule has 2 rings (SSSR count). The van der Waals surface area contributed by atoms with E-state index in [4.69, 9.17) is 4.74 Å². The Morgan fingerprint density at radius 3 is 2.62 bits per heavy atom. The van der Waals surface area contributed by atoms with Gasteiger partial charge in [-0.3, -0.25) is 4.79 Å². The molecular formula is C13H15NO2. The topological polar surface area (TPSA) is 42.1 Å². The van der Waals surface area contributed by atoms with Crippen molar-refractivity contribution < 1.29 is 4.74 Å². The highest BCUT2D eigenvalue weighted by Crippen LogP contribution is 2.25. The first-order valence-electron chi connectivity index (χ1n) is 5.33. The van der Waals surface area contributed by atoms with E-state index in [2.05, 4.69) is 18.8 Å². The minimum atomic E-state index is -0.0537. The van der Waals surface area contributed by atoms with Crippen molar-refractivity contribution in [1.82, 2.24) is 4.98 Å². The second-order valence-corrected chi connectivity index (χ2v) is 4.14. The van der Waals surface area contributed by atoms with Crippen molar-refractivity contribution >= 4 is 10.8 Å². The van der Waals surface area contributed by atoms with Gasteiger partial charge < -0.3 is 9.72 Å². The zero-order valence-electron chi connectivity index (χ0n) is 9.70. The molecule has 0 radical (unpaired) electrons. The van der Waals surface area contributed by atoms with Crippen molar-refractivity contribution in [2.45, 2.75) is 19.8 Å². The lowest BCUT2D eigenvalue weighted by Crippen LogP contribution is -2.07. The summed E-state index contributed by atoms with van der Waals surface area (Å²) in [6, 6.07) is 5.53. The minimum Gasteiger partial charge on any atom is -0.497 e. The number of H-pyrrole nitrogens is 1. The van der Waals surface area contributed by atoms with Gasteiger partial charge in [-0.25, -0.2) is 0 Å². The van der Waals surface area contributed by atoms with Crippen LogP contribution >= 0.6 is 0 Å². The third-order valence-corrected chi connectivity index (χ3v) is 2.76. The van der Waals surface area contributed by atoms with Crippen LogP contribution in [0.5, 0.6) is 5.75 Å². The summed E-state index contributed by atoms with van der Waals surface area (Å²) in [5.41, 5.74) is 1.08. The van der Waals surface area contributed by atoms with E-state index < -0.39 is 0 Å². The summed E-state index contributed by atoms with van der Waals surface area (Å²) < 4.78 is 5.18. The van der Waals surface area contributed by atoms with Gasteiger partial charge in [0.05, 0.1) is 7.11 Å². The van der Waals surface area contributed by atoms with Crippen LogP contribution in [-0.2, 0) is 0 Å². The molecule has 1 aromatic heterocycles. The lowest BCUT2D eigenvalue weighted by molar-refractivity contribution is 0.415. The van der Waals surface area contributed by atoms with E-state index in [9.17, 15) is 4.79 Å². The molecule has 0 aliphatic rings. The van der Waals surface area contributed by atoms with Gasteiger partial charge in [0.1, 0.15) is 5.75 Å². The first-order valence-corrected chi connectivity index (χ1v) is 5.33. The molecule has 0 bridgehead atoms. The minimum absolute atomic E-state index is 0.0537. The van der Waals surface area contributed by atoms with E-state index in [1.165, 1.54) is 0 Å². The van der Waals surface area contributed by atoms with Crippen LogP contribution in [0, 0.1) is 0 Å². The van der Waals surface area contributed by atoms with Gasteiger partial charge in [0.2, 0.25) is 0 Å². The van der Waals surface area contributed by atoms with Crippen molar-refractivity contribution in [3.63, 3.8) is 0 Å². The maximum atomic E-state index is 11.7. The van der Waals surface area contributed by atoms with E-state index in [1.807, 2.05) is 12.1 Å². The Labute approximate surface area is 94.1 Å². The molecule has 3 nitrogen and oxygen atoms in total. The fourth-order valence-corrected chi connectivity index (χ4v) is 1.86. The van der Waals surface area contributed by atoms with Gasteiger partial charge in [0.25, 0.3) is 5.56 Å². The fraction of sp³-hybridized carbons (Fsp3) is 0.308. The van der Waals surface area contributed by atoms with E-state index in [1.54, 1.807) is 19.4 Å². The van der Waals surface area contributed by atoms with E-state index in [0.717, 1.165) is 16.7 Å². The van der Waals surface area contributed by atoms with Gasteiger partial charge >= 0.3 is 0 Å². The SMILES string of the molecule is COc1ccc2c(=O)[nH]cc(C(C)C)c2c1. The molecule has 0 fully saturated rings. The lowest BCUT2D eigenvalue weighted by Gasteiger charge is -2.10. The quantitative estimate of drug-likeness (QED) is 0.840. The molecule has 0 saturated carbocycles. The Morgan fingerprint density at radius 2 is 2.00 bits per heavy atom. The number of aromatic nitrogens is 1. The predicted octanol–water partition coefficient (Wildman–Crippen LogP) is 2.66. The molecule has 2 aromatic rings. The zero-order chi connectivity index (χ0) is 11.7. The number of benzene rings is 1. The van der Waals surface area contributed by atoms with E-state index >= 15 is 0 Å². The largest absolute Gasteiger partial charge is 0.497 e. The van der Waals surface area contributed by atoms with E-state index in [-0.39, 0.29) is 5.56 Å². The van der Waals surface area contributed by atoms with E-state index in [0.29, 0.717) is 11.3 Å². The third kappa shape index (κ3) is 1.69. The van der Waals surface area contributed by atoms with Crippen LogP contribution in [0.3, 0.4) is 0 Å². The molecule has 0 spiro atoms. The van der Waals surface area contributed by atoms with Gasteiger partial charge in [-0.05, 0) is 35.1 Å². The maximum absolute atomic E-state index is 11.7. The zero-order valence-corrected chi connectivity index (χ0v) is 9.70. The molecular weight excluding hydrogens is 202 g/mol. The van der Waals surface area contributed by atoms with Crippen molar-refractivity contribution in [2.75, 3.05) is 7.11 Å². The smallest absolute Gasteiger partial charge is 0.255 e. The highest BCUT2D eigenvalue weighted by atomic mass is 16.5. The summed E-state index contributed by atoms with van der Waals surface area (Å²) in [7, 11) is 1.63. The van der Waals surface area contributed by atoms with Gasteiger partial charge in [-0.2, -0.15) is 0 Å². The molecule has 0 aliphatic carbocycles. The second kappa shape index (κ2) is 4.00. The summed E-state index contributed by atoms with van der Waals surface area (Å²) in [4.78, 5) is 14.4. The Kier molecular flexibility index (Phi) is 2.69. The number of aromatic amines is 1. The van der Waals surface area contributed by atoms with Gasteiger partial charge in [-0.15, -0.1) is 0 Å². The first-order chi connectivity index (χ1) is 7.63. The van der Waals surface area contributed by atoms with Gasteiger partial charge in [-0.1, -0.05) is 13.8 Å². The number of ether oxygens (including phenoxy) is 1. The lowest BCUT2D eigenvalue weighted by atomic mass is 9.98. The molecule has 0 unspecified atom stereocenters. The maximum Gasteiger partial charge on any atom is 0.255 e. The third-order valence-electron chi connectivity index (χ3n) is 2.76. The van der Waals surface area contributed by atoms with Gasteiger partial charge in [0.15, 0.2) is 0 Å². The summed E-state index contributed by atoms with van der Waals surface area (Å²) >= 11 is 0. The van der Waals surface area contributed by atoms with Crippen molar-refractivity contribution in [3.05, 3.63) is 40.3 Å². The highest BCUT2D eigenvalue weighted by Gasteiger charge is 2.08. The highest BCUT2D eigenvalue weighted by molar-refractivity contribution is 5.86. The van der Waals surface area contributed by atoms with Crippen LogP contribution in [0.1, 0.15) is 25.3 Å². The summed E-state index contributed by atoms with van der Waals surface area (Å²) in [6.07, 6.45) is 1.79. The molecule has 3 heteroatoms. The van der Waals surface area contributed by atoms with Crippen LogP contribution in [0.2, 0.25) is 0 Å². The summed E-state index contributed by atoms with van der Waals surface area (Å²) in [5, 5.41) is 1.69. The molecule has 84 valence electrons. The Morgan fingerprint density at radius 1 is 1.25 bits per heavy atom. The second-order valence-electron chi connectivity index (χ2n) is 4.14. The molecule has 0 aliphatic heterocycles. The molecule has 1 heterocycles. The summed E-state index contributed by atoms with van der Waals surface area (Å²) in [5.74, 6) is 1.14. The fourth-order valence-electron chi connectivity index (χ4n) is 1.86. The first kappa shape index (κ1) is 10.7. The number of rotatable bonds is 2. The van der Waals surface area contributed by atoms with Crippen molar-refractivity contribution in [3.8, 4) is 5.75 Å². The number of hydrogen-bond acceptors (Lipinski definition) is 2. The Hall–Kier alpha value is -1.77. The monoisotopic (exact) mass is 217 g/mol. The number of nitrogens with one attached hydrogen (secondary N) is 1.